The molecule has 1 aliphatic rings. The number of halogens is 3. The van der Waals surface area contributed by atoms with Crippen molar-refractivity contribution in [1.29, 1.82) is 5.26 Å². The second-order valence-corrected chi connectivity index (χ2v) is 6.37. The van der Waals surface area contributed by atoms with Gasteiger partial charge in [0, 0.05) is 17.0 Å². The monoisotopic (exact) mass is 314 g/mol. The fourth-order valence-corrected chi connectivity index (χ4v) is 3.53. The Hall–Kier alpha value is -1.35. The zero-order valence-corrected chi connectivity index (χ0v) is 12.5. The third-order valence-electron chi connectivity index (χ3n) is 3.78. The summed E-state index contributed by atoms with van der Waals surface area (Å²) in [4.78, 5) is 0. The van der Waals surface area contributed by atoms with E-state index >= 15 is 0 Å². The van der Waals surface area contributed by atoms with Gasteiger partial charge in [-0.1, -0.05) is 6.42 Å². The molecule has 2 unspecified atom stereocenters. The molecule has 1 aliphatic carbocycles. The maximum Gasteiger partial charge on any atom is 0.417 e. The minimum absolute atomic E-state index is 0.263. The number of alkyl halides is 3. The van der Waals surface area contributed by atoms with Crippen molar-refractivity contribution in [2.75, 3.05) is 11.6 Å². The SMILES string of the molecule is CSC1CCCC(Nc2ccc(C(F)(F)F)c(C#N)c2)C1. The minimum atomic E-state index is -4.49. The molecule has 1 saturated carbocycles. The Morgan fingerprint density at radius 2 is 2.10 bits per heavy atom. The molecular formula is C15H17F3N2S. The van der Waals surface area contributed by atoms with Crippen molar-refractivity contribution in [2.45, 2.75) is 43.2 Å². The van der Waals surface area contributed by atoms with Gasteiger partial charge < -0.3 is 5.32 Å². The smallest absolute Gasteiger partial charge is 0.382 e. The molecule has 0 saturated heterocycles. The molecule has 0 aromatic heterocycles. The van der Waals surface area contributed by atoms with Crippen LogP contribution in [-0.4, -0.2) is 17.5 Å². The molecule has 0 bridgehead atoms. The van der Waals surface area contributed by atoms with Crippen molar-refractivity contribution in [3.63, 3.8) is 0 Å². The summed E-state index contributed by atoms with van der Waals surface area (Å²) in [6.07, 6.45) is 1.92. The van der Waals surface area contributed by atoms with E-state index in [1.54, 1.807) is 6.07 Å². The Kier molecular flexibility index (Phi) is 5.04. The highest BCUT2D eigenvalue weighted by Gasteiger charge is 2.33. The van der Waals surface area contributed by atoms with Crippen LogP contribution in [0.5, 0.6) is 0 Å². The molecule has 2 nitrogen and oxygen atoms in total. The molecule has 1 N–H and O–H groups in total. The van der Waals surface area contributed by atoms with Gasteiger partial charge in [-0.05, 0) is 43.7 Å². The fraction of sp³-hybridized carbons (Fsp3) is 0.533. The maximum absolute atomic E-state index is 12.7. The van der Waals surface area contributed by atoms with Crippen LogP contribution in [0.25, 0.3) is 0 Å². The van der Waals surface area contributed by atoms with Gasteiger partial charge in [-0.15, -0.1) is 0 Å². The summed E-state index contributed by atoms with van der Waals surface area (Å²) in [5.41, 5.74) is -0.614. The number of rotatable bonds is 3. The van der Waals surface area contributed by atoms with Gasteiger partial charge in [0.25, 0.3) is 0 Å². The van der Waals surface area contributed by atoms with E-state index in [1.165, 1.54) is 18.6 Å². The third-order valence-corrected chi connectivity index (χ3v) is 4.87. The van der Waals surface area contributed by atoms with Crippen molar-refractivity contribution < 1.29 is 13.2 Å². The molecule has 1 aromatic carbocycles. The van der Waals surface area contributed by atoms with Crippen LogP contribution in [0.2, 0.25) is 0 Å². The van der Waals surface area contributed by atoms with E-state index in [0.717, 1.165) is 25.3 Å². The van der Waals surface area contributed by atoms with Gasteiger partial charge in [0.15, 0.2) is 0 Å². The number of thioether (sulfide) groups is 1. The molecule has 114 valence electrons. The van der Waals surface area contributed by atoms with E-state index in [9.17, 15) is 13.2 Å². The fourth-order valence-electron chi connectivity index (χ4n) is 2.70. The molecule has 1 fully saturated rings. The average molecular weight is 314 g/mol. The number of hydrogen-bond donors (Lipinski definition) is 1. The summed E-state index contributed by atoms with van der Waals surface area (Å²) in [6, 6.07) is 5.59. The molecule has 0 spiro atoms. The molecule has 2 rings (SSSR count). The standard InChI is InChI=1S/C15H17F3N2S/c1-21-13-4-2-3-11(8-13)20-12-5-6-14(15(16,17)18)10(7-12)9-19/h5-7,11,13,20H,2-4,8H2,1H3. The summed E-state index contributed by atoms with van der Waals surface area (Å²) < 4.78 is 38.2. The summed E-state index contributed by atoms with van der Waals surface area (Å²) >= 11 is 1.83. The summed E-state index contributed by atoms with van der Waals surface area (Å²) in [5, 5.41) is 12.8. The maximum atomic E-state index is 12.7. The van der Waals surface area contributed by atoms with Gasteiger partial charge in [-0.25, -0.2) is 0 Å². The highest BCUT2D eigenvalue weighted by molar-refractivity contribution is 7.99. The lowest BCUT2D eigenvalue weighted by Crippen LogP contribution is -2.28. The largest absolute Gasteiger partial charge is 0.417 e. The van der Waals surface area contributed by atoms with E-state index in [1.807, 2.05) is 11.8 Å². The Morgan fingerprint density at radius 1 is 1.33 bits per heavy atom. The van der Waals surface area contributed by atoms with Crippen molar-refractivity contribution in [3.8, 4) is 6.07 Å². The number of benzene rings is 1. The highest BCUT2D eigenvalue weighted by Crippen LogP contribution is 2.34. The van der Waals surface area contributed by atoms with E-state index in [4.69, 9.17) is 5.26 Å². The second-order valence-electron chi connectivity index (χ2n) is 5.24. The van der Waals surface area contributed by atoms with E-state index in [0.29, 0.717) is 10.9 Å². The molecule has 1 aromatic rings. The lowest BCUT2D eigenvalue weighted by atomic mass is 9.94. The van der Waals surface area contributed by atoms with Crippen molar-refractivity contribution in [1.82, 2.24) is 0 Å². The molecule has 0 radical (unpaired) electrons. The Morgan fingerprint density at radius 3 is 2.71 bits per heavy atom. The zero-order valence-electron chi connectivity index (χ0n) is 11.7. The van der Waals surface area contributed by atoms with Crippen LogP contribution in [0, 0.1) is 11.3 Å². The van der Waals surface area contributed by atoms with Gasteiger partial charge >= 0.3 is 6.18 Å². The van der Waals surface area contributed by atoms with Crippen LogP contribution in [-0.2, 0) is 6.18 Å². The van der Waals surface area contributed by atoms with E-state index in [-0.39, 0.29) is 11.6 Å². The van der Waals surface area contributed by atoms with Gasteiger partial charge in [0.05, 0.1) is 17.2 Å². The predicted molar refractivity (Wildman–Crippen MR) is 79.3 cm³/mol. The van der Waals surface area contributed by atoms with Gasteiger partial charge in [-0.3, -0.25) is 0 Å². The average Bonchev–Trinajstić information content (AvgIpc) is 2.46. The Balaban J connectivity index is 2.13. The van der Waals surface area contributed by atoms with Gasteiger partial charge in [0.1, 0.15) is 0 Å². The van der Waals surface area contributed by atoms with Crippen LogP contribution in [0.4, 0.5) is 18.9 Å². The first-order valence-electron chi connectivity index (χ1n) is 6.84. The molecule has 0 heterocycles. The first kappa shape index (κ1) is 16.0. The summed E-state index contributed by atoms with van der Waals surface area (Å²) in [5.74, 6) is 0. The molecule has 21 heavy (non-hydrogen) atoms. The van der Waals surface area contributed by atoms with Crippen LogP contribution < -0.4 is 5.32 Å². The predicted octanol–water partition coefficient (Wildman–Crippen LogP) is 4.66. The van der Waals surface area contributed by atoms with Crippen LogP contribution in [0.15, 0.2) is 18.2 Å². The lowest BCUT2D eigenvalue weighted by molar-refractivity contribution is -0.137. The van der Waals surface area contributed by atoms with Crippen LogP contribution in [0.1, 0.15) is 36.8 Å². The molecule has 0 amide bonds. The topological polar surface area (TPSA) is 35.8 Å². The first-order valence-corrected chi connectivity index (χ1v) is 8.13. The van der Waals surface area contributed by atoms with Crippen LogP contribution in [0.3, 0.4) is 0 Å². The van der Waals surface area contributed by atoms with E-state index < -0.39 is 11.7 Å². The van der Waals surface area contributed by atoms with E-state index in [2.05, 4.69) is 11.6 Å². The second kappa shape index (κ2) is 6.61. The molecule has 2 atom stereocenters. The first-order chi connectivity index (χ1) is 9.94. The number of anilines is 1. The summed E-state index contributed by atoms with van der Waals surface area (Å²) in [7, 11) is 0. The van der Waals surface area contributed by atoms with Gasteiger partial charge in [-0.2, -0.15) is 30.2 Å². The number of hydrogen-bond acceptors (Lipinski definition) is 3. The molecule has 0 aliphatic heterocycles. The number of nitrogens with zero attached hydrogens (tertiary/aromatic N) is 1. The Labute approximate surface area is 126 Å². The summed E-state index contributed by atoms with van der Waals surface area (Å²) in [6.45, 7) is 0. The van der Waals surface area contributed by atoms with Crippen molar-refractivity contribution >= 4 is 17.4 Å². The molecular weight excluding hydrogens is 297 g/mol. The quantitative estimate of drug-likeness (QED) is 0.881. The zero-order chi connectivity index (χ0) is 15.5. The Bertz CT molecular complexity index is 537. The van der Waals surface area contributed by atoms with Crippen molar-refractivity contribution in [2.24, 2.45) is 0 Å². The third kappa shape index (κ3) is 4.07. The molecule has 6 heteroatoms. The number of nitriles is 1. The highest BCUT2D eigenvalue weighted by atomic mass is 32.2. The lowest BCUT2D eigenvalue weighted by Gasteiger charge is -2.29. The normalized spacial score (nSPS) is 22.6. The minimum Gasteiger partial charge on any atom is -0.382 e. The van der Waals surface area contributed by atoms with Crippen molar-refractivity contribution in [3.05, 3.63) is 29.3 Å². The van der Waals surface area contributed by atoms with Crippen LogP contribution >= 0.6 is 11.8 Å². The van der Waals surface area contributed by atoms with Gasteiger partial charge in [0.2, 0.25) is 0 Å². The number of nitrogens with one attached hydrogen (secondary N) is 1.